The number of hydrogen-bond donors (Lipinski definition) is 0. The van der Waals surface area contributed by atoms with Crippen molar-refractivity contribution in [3.8, 4) is 5.75 Å². The van der Waals surface area contributed by atoms with Gasteiger partial charge in [-0.15, -0.1) is 0 Å². The molecule has 1 aliphatic rings. The molecule has 10 heteroatoms. The molecule has 0 bridgehead atoms. The number of hydrogen-bond acceptors (Lipinski definition) is 6. The number of nitrogens with zero attached hydrogens (tertiary/aromatic N) is 2. The standard InChI is InChI=1S/C26H23FN2O6S/c1-17-3-13-23(14-4-17)36(33,34)28(16-19-5-7-20(27)8-6-19)24-15-25(31)29(26(24)32)21-9-11-22(12-10-21)35-18(2)30/h3-14,24H,15-16H2,1-2H3. The van der Waals surface area contributed by atoms with E-state index in [1.54, 1.807) is 12.1 Å². The normalized spacial score (nSPS) is 16.0. The van der Waals surface area contributed by atoms with Crippen LogP contribution in [0.3, 0.4) is 0 Å². The molecule has 2 amide bonds. The van der Waals surface area contributed by atoms with Gasteiger partial charge in [0.1, 0.15) is 17.6 Å². The van der Waals surface area contributed by atoms with Crippen LogP contribution >= 0.6 is 0 Å². The Kier molecular flexibility index (Phi) is 7.00. The lowest BCUT2D eigenvalue weighted by Crippen LogP contribution is -2.45. The fourth-order valence-electron chi connectivity index (χ4n) is 3.92. The van der Waals surface area contributed by atoms with Crippen molar-refractivity contribution in [1.29, 1.82) is 0 Å². The SMILES string of the molecule is CC(=O)Oc1ccc(N2C(=O)CC(N(Cc3ccc(F)cc3)S(=O)(=O)c3ccc(C)cc3)C2=O)cc1. The van der Waals surface area contributed by atoms with E-state index < -0.39 is 39.7 Å². The summed E-state index contributed by atoms with van der Waals surface area (Å²) in [6, 6.07) is 15.9. The van der Waals surface area contributed by atoms with Gasteiger partial charge in [-0.3, -0.25) is 14.4 Å². The zero-order valence-electron chi connectivity index (χ0n) is 19.5. The van der Waals surface area contributed by atoms with Crippen LogP contribution in [0.5, 0.6) is 5.75 Å². The van der Waals surface area contributed by atoms with Gasteiger partial charge in [-0.25, -0.2) is 17.7 Å². The second-order valence-corrected chi connectivity index (χ2v) is 10.3. The number of sulfonamides is 1. The number of aryl methyl sites for hydroxylation is 1. The first-order valence-electron chi connectivity index (χ1n) is 11.0. The van der Waals surface area contributed by atoms with E-state index in [1.165, 1.54) is 67.6 Å². The molecule has 186 valence electrons. The molecule has 1 heterocycles. The maximum atomic E-state index is 13.7. The number of imide groups is 1. The highest BCUT2D eigenvalue weighted by Gasteiger charge is 2.47. The molecule has 3 aromatic rings. The van der Waals surface area contributed by atoms with Gasteiger partial charge in [-0.1, -0.05) is 29.8 Å². The van der Waals surface area contributed by atoms with Crippen LogP contribution in [-0.2, 0) is 31.0 Å². The smallest absolute Gasteiger partial charge is 0.308 e. The molecule has 0 aromatic heterocycles. The highest BCUT2D eigenvalue weighted by atomic mass is 32.2. The molecule has 4 rings (SSSR count). The van der Waals surface area contributed by atoms with E-state index in [-0.39, 0.29) is 29.3 Å². The Balaban J connectivity index is 1.70. The van der Waals surface area contributed by atoms with Gasteiger partial charge < -0.3 is 4.74 Å². The molecule has 1 unspecified atom stereocenters. The van der Waals surface area contributed by atoms with Crippen LogP contribution in [0.2, 0.25) is 0 Å². The lowest BCUT2D eigenvalue weighted by Gasteiger charge is -2.27. The van der Waals surface area contributed by atoms with Crippen molar-refractivity contribution < 1.29 is 31.9 Å². The maximum absolute atomic E-state index is 13.7. The molecule has 36 heavy (non-hydrogen) atoms. The third-order valence-corrected chi connectivity index (χ3v) is 7.58. The Labute approximate surface area is 208 Å². The predicted octanol–water partition coefficient (Wildman–Crippen LogP) is 3.58. The molecule has 0 radical (unpaired) electrons. The summed E-state index contributed by atoms with van der Waals surface area (Å²) in [6.07, 6.45) is -0.364. The van der Waals surface area contributed by atoms with E-state index in [1.807, 2.05) is 6.92 Å². The van der Waals surface area contributed by atoms with Crippen molar-refractivity contribution in [3.05, 3.63) is 89.7 Å². The van der Waals surface area contributed by atoms with Gasteiger partial charge in [0.15, 0.2) is 0 Å². The summed E-state index contributed by atoms with van der Waals surface area (Å²) in [5.74, 6) is -2.05. The van der Waals surface area contributed by atoms with Crippen LogP contribution in [0.1, 0.15) is 24.5 Å². The summed E-state index contributed by atoms with van der Waals surface area (Å²) >= 11 is 0. The van der Waals surface area contributed by atoms with Crippen molar-refractivity contribution in [2.75, 3.05) is 4.90 Å². The molecule has 0 N–H and O–H groups in total. The van der Waals surface area contributed by atoms with Crippen molar-refractivity contribution in [2.24, 2.45) is 0 Å². The van der Waals surface area contributed by atoms with E-state index in [9.17, 15) is 27.2 Å². The Morgan fingerprint density at radius 3 is 2.19 bits per heavy atom. The minimum absolute atomic E-state index is 0.0281. The minimum Gasteiger partial charge on any atom is -0.427 e. The van der Waals surface area contributed by atoms with Crippen molar-refractivity contribution in [1.82, 2.24) is 4.31 Å². The fraction of sp³-hybridized carbons (Fsp3) is 0.192. The Bertz CT molecular complexity index is 1400. The highest BCUT2D eigenvalue weighted by molar-refractivity contribution is 7.89. The van der Waals surface area contributed by atoms with Crippen LogP contribution in [0.15, 0.2) is 77.7 Å². The summed E-state index contributed by atoms with van der Waals surface area (Å²) in [6.45, 7) is 2.83. The van der Waals surface area contributed by atoms with Crippen LogP contribution in [0.25, 0.3) is 0 Å². The summed E-state index contributed by atoms with van der Waals surface area (Å²) in [5, 5.41) is 0. The van der Waals surface area contributed by atoms with E-state index in [2.05, 4.69) is 0 Å². The molecular formula is C26H23FN2O6S. The Morgan fingerprint density at radius 1 is 1.00 bits per heavy atom. The van der Waals surface area contributed by atoms with E-state index >= 15 is 0 Å². The van der Waals surface area contributed by atoms with Crippen LogP contribution in [0.4, 0.5) is 10.1 Å². The second-order valence-electron chi connectivity index (χ2n) is 8.36. The summed E-state index contributed by atoms with van der Waals surface area (Å²) in [7, 11) is -4.21. The zero-order chi connectivity index (χ0) is 26.0. The number of esters is 1. The third-order valence-electron chi connectivity index (χ3n) is 5.71. The monoisotopic (exact) mass is 510 g/mol. The number of anilines is 1. The van der Waals surface area contributed by atoms with Gasteiger partial charge in [0, 0.05) is 13.5 Å². The summed E-state index contributed by atoms with van der Waals surface area (Å²) in [4.78, 5) is 38.4. The topological polar surface area (TPSA) is 101 Å². The van der Waals surface area contributed by atoms with E-state index in [0.717, 1.165) is 14.8 Å². The van der Waals surface area contributed by atoms with E-state index in [0.29, 0.717) is 5.56 Å². The Morgan fingerprint density at radius 2 is 1.61 bits per heavy atom. The van der Waals surface area contributed by atoms with Crippen LogP contribution in [-0.4, -0.2) is 36.5 Å². The Hall–Kier alpha value is -3.89. The lowest BCUT2D eigenvalue weighted by molar-refractivity contribution is -0.132. The first-order chi connectivity index (χ1) is 17.1. The number of benzene rings is 3. The summed E-state index contributed by atoms with van der Waals surface area (Å²) < 4.78 is 46.7. The maximum Gasteiger partial charge on any atom is 0.308 e. The number of ether oxygens (including phenoxy) is 1. The van der Waals surface area contributed by atoms with Gasteiger partial charge in [0.05, 0.1) is 17.0 Å². The molecule has 1 fully saturated rings. The molecule has 1 atom stereocenters. The molecule has 1 aliphatic heterocycles. The van der Waals surface area contributed by atoms with Crippen LogP contribution in [0, 0.1) is 12.7 Å². The van der Waals surface area contributed by atoms with Crippen molar-refractivity contribution >= 4 is 33.5 Å². The van der Waals surface area contributed by atoms with Gasteiger partial charge in [-0.2, -0.15) is 4.31 Å². The number of amides is 2. The average molecular weight is 511 g/mol. The van der Waals surface area contributed by atoms with E-state index in [4.69, 9.17) is 4.74 Å². The molecule has 0 aliphatic carbocycles. The molecule has 0 saturated carbocycles. The molecular weight excluding hydrogens is 487 g/mol. The highest BCUT2D eigenvalue weighted by Crippen LogP contribution is 2.31. The molecule has 0 spiro atoms. The number of carbonyl (C=O) groups is 3. The number of rotatable bonds is 7. The second kappa shape index (κ2) is 10.00. The largest absolute Gasteiger partial charge is 0.427 e. The van der Waals surface area contributed by atoms with Crippen molar-refractivity contribution in [2.45, 2.75) is 37.8 Å². The first-order valence-corrected chi connectivity index (χ1v) is 12.5. The zero-order valence-corrected chi connectivity index (χ0v) is 20.4. The number of carbonyl (C=O) groups excluding carboxylic acids is 3. The fourth-order valence-corrected chi connectivity index (χ4v) is 5.49. The lowest BCUT2D eigenvalue weighted by atomic mass is 10.2. The predicted molar refractivity (Wildman–Crippen MR) is 129 cm³/mol. The number of halogens is 1. The van der Waals surface area contributed by atoms with Gasteiger partial charge >= 0.3 is 5.97 Å². The van der Waals surface area contributed by atoms with Gasteiger partial charge in [0.2, 0.25) is 15.9 Å². The van der Waals surface area contributed by atoms with Crippen molar-refractivity contribution in [3.63, 3.8) is 0 Å². The van der Waals surface area contributed by atoms with Gasteiger partial charge in [0.25, 0.3) is 5.91 Å². The molecule has 3 aromatic carbocycles. The van der Waals surface area contributed by atoms with Gasteiger partial charge in [-0.05, 0) is 61.0 Å². The minimum atomic E-state index is -4.21. The third kappa shape index (κ3) is 5.19. The molecule has 1 saturated heterocycles. The van der Waals surface area contributed by atoms with Crippen LogP contribution < -0.4 is 9.64 Å². The quantitative estimate of drug-likeness (QED) is 0.274. The molecule has 8 nitrogen and oxygen atoms in total. The first kappa shape index (κ1) is 25.2. The summed E-state index contributed by atoms with van der Waals surface area (Å²) in [5.41, 5.74) is 1.53. The average Bonchev–Trinajstić information content (AvgIpc) is 3.12.